The number of fused-ring (bicyclic) bond motifs is 1. The summed E-state index contributed by atoms with van der Waals surface area (Å²) < 4.78 is 6.70. The van der Waals surface area contributed by atoms with Gasteiger partial charge in [-0.1, -0.05) is 0 Å². The van der Waals surface area contributed by atoms with Gasteiger partial charge in [0.25, 0.3) is 5.56 Å². The average molecular weight is 276 g/mol. The lowest BCUT2D eigenvalue weighted by Gasteiger charge is -2.24. The largest absolute Gasteiger partial charge is 0.504 e. The average Bonchev–Trinajstić information content (AvgIpc) is 2.43. The Labute approximate surface area is 116 Å². The molecule has 0 aromatic carbocycles. The van der Waals surface area contributed by atoms with Gasteiger partial charge in [-0.15, -0.1) is 0 Å². The highest BCUT2D eigenvalue weighted by Gasteiger charge is 2.18. The van der Waals surface area contributed by atoms with E-state index in [1.165, 1.54) is 15.4 Å². The molecule has 0 aliphatic carbocycles. The Morgan fingerprint density at radius 3 is 2.95 bits per heavy atom. The van der Waals surface area contributed by atoms with Crippen LogP contribution in [0.4, 0.5) is 0 Å². The summed E-state index contributed by atoms with van der Waals surface area (Å²) in [7, 11) is 0. The maximum absolute atomic E-state index is 11.8. The Bertz CT molecular complexity index is 690. The molecule has 1 aliphatic rings. The van der Waals surface area contributed by atoms with Crippen molar-refractivity contribution in [1.29, 1.82) is 0 Å². The summed E-state index contributed by atoms with van der Waals surface area (Å²) in [6.45, 7) is 5.83. The van der Waals surface area contributed by atoms with Crippen LogP contribution in [0.15, 0.2) is 23.1 Å². The van der Waals surface area contributed by atoms with Gasteiger partial charge >= 0.3 is 0 Å². The van der Waals surface area contributed by atoms with E-state index < -0.39 is 0 Å². The van der Waals surface area contributed by atoms with Crippen LogP contribution in [0.1, 0.15) is 11.3 Å². The minimum Gasteiger partial charge on any atom is -0.504 e. The summed E-state index contributed by atoms with van der Waals surface area (Å²) in [4.78, 5) is 17.5. The van der Waals surface area contributed by atoms with Crippen molar-refractivity contribution in [3.05, 3.63) is 39.9 Å². The van der Waals surface area contributed by atoms with E-state index in [0.717, 1.165) is 38.4 Å². The van der Waals surface area contributed by atoms with Crippen molar-refractivity contribution in [3.63, 3.8) is 0 Å². The maximum Gasteiger partial charge on any atom is 0.258 e. The second-order valence-corrected chi connectivity index (χ2v) is 5.16. The molecule has 1 fully saturated rings. The van der Waals surface area contributed by atoms with E-state index in [-0.39, 0.29) is 11.3 Å². The lowest BCUT2D eigenvalue weighted by Crippen LogP contribution is -3.12. The third-order valence-electron chi connectivity index (χ3n) is 3.66. The zero-order valence-electron chi connectivity index (χ0n) is 11.4. The van der Waals surface area contributed by atoms with Gasteiger partial charge in [0.15, 0.2) is 11.4 Å². The van der Waals surface area contributed by atoms with Crippen LogP contribution in [0.5, 0.6) is 5.75 Å². The standard InChI is InChI=1S/C14H17N3O3/c1-10-8-12(18)17-3-2-11(13(19)14(17)15-10)9-16-4-6-20-7-5-16/h2-3,8,19H,4-7,9H2,1H3/p+1. The van der Waals surface area contributed by atoms with E-state index >= 15 is 0 Å². The summed E-state index contributed by atoms with van der Waals surface area (Å²) in [6.07, 6.45) is 1.68. The Balaban J connectivity index is 2.00. The number of hydrogen-bond donors (Lipinski definition) is 2. The number of quaternary nitrogens is 1. The molecule has 2 N–H and O–H groups in total. The first kappa shape index (κ1) is 13.1. The number of aromatic nitrogens is 2. The molecule has 1 saturated heterocycles. The molecular weight excluding hydrogens is 258 g/mol. The van der Waals surface area contributed by atoms with Crippen molar-refractivity contribution in [2.75, 3.05) is 26.3 Å². The summed E-state index contributed by atoms with van der Waals surface area (Å²) in [5.74, 6) is 0.104. The molecule has 6 heteroatoms. The Morgan fingerprint density at radius 1 is 1.45 bits per heavy atom. The summed E-state index contributed by atoms with van der Waals surface area (Å²) in [5, 5.41) is 10.4. The van der Waals surface area contributed by atoms with Crippen molar-refractivity contribution in [1.82, 2.24) is 9.38 Å². The number of morpholine rings is 1. The van der Waals surface area contributed by atoms with Gasteiger partial charge in [0, 0.05) is 18.0 Å². The maximum atomic E-state index is 11.8. The van der Waals surface area contributed by atoms with Crippen molar-refractivity contribution in [2.45, 2.75) is 13.5 Å². The van der Waals surface area contributed by atoms with Crippen LogP contribution < -0.4 is 10.5 Å². The first-order chi connectivity index (χ1) is 9.65. The lowest BCUT2D eigenvalue weighted by atomic mass is 10.2. The number of nitrogens with one attached hydrogen (secondary N) is 1. The van der Waals surface area contributed by atoms with Gasteiger partial charge in [-0.3, -0.25) is 9.20 Å². The van der Waals surface area contributed by atoms with Gasteiger partial charge in [0.05, 0.1) is 18.8 Å². The monoisotopic (exact) mass is 276 g/mol. The van der Waals surface area contributed by atoms with Crippen LogP contribution in [0.25, 0.3) is 5.65 Å². The van der Waals surface area contributed by atoms with E-state index in [2.05, 4.69) is 4.98 Å². The predicted octanol–water partition coefficient (Wildman–Crippen LogP) is -0.876. The van der Waals surface area contributed by atoms with E-state index in [1.807, 2.05) is 0 Å². The minimum atomic E-state index is -0.173. The highest BCUT2D eigenvalue weighted by molar-refractivity contribution is 5.56. The Kier molecular flexibility index (Phi) is 3.42. The third-order valence-corrected chi connectivity index (χ3v) is 3.66. The molecule has 0 radical (unpaired) electrons. The first-order valence-electron chi connectivity index (χ1n) is 6.77. The van der Waals surface area contributed by atoms with Crippen LogP contribution in [-0.2, 0) is 11.3 Å². The Hall–Kier alpha value is -1.92. The second-order valence-electron chi connectivity index (χ2n) is 5.16. The minimum absolute atomic E-state index is 0.104. The zero-order valence-corrected chi connectivity index (χ0v) is 11.4. The summed E-state index contributed by atoms with van der Waals surface area (Å²) in [5.41, 5.74) is 1.59. The van der Waals surface area contributed by atoms with Crippen LogP contribution >= 0.6 is 0 Å². The van der Waals surface area contributed by atoms with Crippen molar-refractivity contribution >= 4 is 5.65 Å². The summed E-state index contributed by atoms with van der Waals surface area (Å²) >= 11 is 0. The van der Waals surface area contributed by atoms with Gasteiger partial charge in [-0.05, 0) is 13.0 Å². The Morgan fingerprint density at radius 2 is 2.20 bits per heavy atom. The van der Waals surface area contributed by atoms with Crippen LogP contribution in [0.3, 0.4) is 0 Å². The molecule has 0 bridgehead atoms. The molecule has 2 aromatic heterocycles. The van der Waals surface area contributed by atoms with Crippen molar-refractivity contribution in [2.24, 2.45) is 0 Å². The number of aryl methyl sites for hydroxylation is 1. The number of aromatic hydroxyl groups is 1. The molecule has 3 rings (SSSR count). The van der Waals surface area contributed by atoms with Gasteiger partial charge < -0.3 is 14.7 Å². The second kappa shape index (κ2) is 5.22. The first-order valence-corrected chi connectivity index (χ1v) is 6.77. The fourth-order valence-electron chi connectivity index (χ4n) is 2.55. The number of pyridine rings is 1. The molecule has 0 atom stereocenters. The van der Waals surface area contributed by atoms with Crippen molar-refractivity contribution in [3.8, 4) is 5.75 Å². The number of rotatable bonds is 2. The molecule has 3 heterocycles. The molecule has 1 aliphatic heterocycles. The fourth-order valence-corrected chi connectivity index (χ4v) is 2.55. The molecule has 0 unspecified atom stereocenters. The van der Waals surface area contributed by atoms with Gasteiger partial charge in [-0.2, -0.15) is 0 Å². The smallest absolute Gasteiger partial charge is 0.258 e. The molecule has 0 saturated carbocycles. The van der Waals surface area contributed by atoms with Crippen LogP contribution in [0.2, 0.25) is 0 Å². The highest BCUT2D eigenvalue weighted by atomic mass is 16.5. The van der Waals surface area contributed by atoms with Gasteiger partial charge in [0.2, 0.25) is 0 Å². The van der Waals surface area contributed by atoms with Gasteiger partial charge in [0.1, 0.15) is 19.6 Å². The van der Waals surface area contributed by atoms with E-state index in [1.54, 1.807) is 19.2 Å². The van der Waals surface area contributed by atoms with E-state index in [9.17, 15) is 9.90 Å². The molecule has 0 spiro atoms. The quantitative estimate of drug-likeness (QED) is 0.748. The third kappa shape index (κ3) is 2.39. The lowest BCUT2D eigenvalue weighted by molar-refractivity contribution is -0.921. The fraction of sp³-hybridized carbons (Fsp3) is 0.429. The van der Waals surface area contributed by atoms with Crippen molar-refractivity contribution < 1.29 is 14.7 Å². The number of hydrogen-bond acceptors (Lipinski definition) is 4. The number of nitrogens with zero attached hydrogens (tertiary/aromatic N) is 2. The van der Waals surface area contributed by atoms with E-state index in [4.69, 9.17) is 4.74 Å². The molecule has 2 aromatic rings. The molecule has 0 amide bonds. The van der Waals surface area contributed by atoms with Crippen LogP contribution in [-0.4, -0.2) is 40.8 Å². The molecule has 20 heavy (non-hydrogen) atoms. The molecular formula is C14H18N3O3+. The van der Waals surface area contributed by atoms with Crippen LogP contribution in [0, 0.1) is 6.92 Å². The summed E-state index contributed by atoms with van der Waals surface area (Å²) in [6, 6.07) is 3.25. The highest BCUT2D eigenvalue weighted by Crippen LogP contribution is 2.20. The molecule has 6 nitrogen and oxygen atoms in total. The predicted molar refractivity (Wildman–Crippen MR) is 73.1 cm³/mol. The number of ether oxygens (including phenoxy) is 1. The van der Waals surface area contributed by atoms with E-state index in [0.29, 0.717) is 11.3 Å². The zero-order chi connectivity index (χ0) is 14.1. The molecule has 106 valence electrons. The SMILES string of the molecule is Cc1cc(=O)n2ccc(C[NH+]3CCOCC3)c(O)c2n1. The van der Waals surface area contributed by atoms with Gasteiger partial charge in [-0.25, -0.2) is 4.98 Å². The topological polar surface area (TPSA) is 68.3 Å². The normalized spacial score (nSPS) is 16.6.